The smallest absolute Gasteiger partial charge is 0.262 e. The average molecular weight is 285 g/mol. The van der Waals surface area contributed by atoms with Crippen molar-refractivity contribution in [3.63, 3.8) is 0 Å². The molecule has 1 atom stereocenters. The van der Waals surface area contributed by atoms with Crippen LogP contribution in [0.5, 0.6) is 5.75 Å². The van der Waals surface area contributed by atoms with Crippen molar-refractivity contribution in [3.05, 3.63) is 59.7 Å². The van der Waals surface area contributed by atoms with Gasteiger partial charge in [0.1, 0.15) is 5.75 Å². The van der Waals surface area contributed by atoms with Crippen LogP contribution in [0.1, 0.15) is 24.2 Å². The van der Waals surface area contributed by atoms with Crippen LogP contribution in [0.2, 0.25) is 0 Å². The van der Waals surface area contributed by atoms with Gasteiger partial charge in [-0.3, -0.25) is 4.79 Å². The fourth-order valence-electron chi connectivity index (χ4n) is 1.90. The van der Waals surface area contributed by atoms with E-state index in [-0.39, 0.29) is 12.5 Å². The van der Waals surface area contributed by atoms with Gasteiger partial charge in [-0.1, -0.05) is 24.3 Å². The first-order valence-corrected chi connectivity index (χ1v) is 6.82. The first-order valence-electron chi connectivity index (χ1n) is 6.82. The van der Waals surface area contributed by atoms with Crippen molar-refractivity contribution in [3.8, 4) is 5.75 Å². The van der Waals surface area contributed by atoms with Gasteiger partial charge in [0.05, 0.1) is 6.10 Å². The second-order valence-corrected chi connectivity index (χ2v) is 4.95. The fourth-order valence-corrected chi connectivity index (χ4v) is 1.90. The number of nitrogens with one attached hydrogen (secondary N) is 1. The van der Waals surface area contributed by atoms with E-state index < -0.39 is 6.10 Å². The first kappa shape index (κ1) is 15.1. The molecule has 0 saturated heterocycles. The zero-order chi connectivity index (χ0) is 15.2. The summed E-state index contributed by atoms with van der Waals surface area (Å²) < 4.78 is 5.43. The van der Waals surface area contributed by atoms with Crippen molar-refractivity contribution < 1.29 is 14.6 Å². The molecule has 2 aromatic rings. The van der Waals surface area contributed by atoms with Gasteiger partial charge in [-0.15, -0.1) is 0 Å². The predicted octanol–water partition coefficient (Wildman–Crippen LogP) is 3.07. The molecule has 0 unspecified atom stereocenters. The van der Waals surface area contributed by atoms with Crippen molar-refractivity contribution in [2.75, 3.05) is 11.9 Å². The van der Waals surface area contributed by atoms with Crippen molar-refractivity contribution in [1.82, 2.24) is 0 Å². The van der Waals surface area contributed by atoms with Crippen LogP contribution in [0.25, 0.3) is 0 Å². The fraction of sp³-hybridized carbons (Fsp3) is 0.235. The van der Waals surface area contributed by atoms with Gasteiger partial charge >= 0.3 is 0 Å². The Morgan fingerprint density at radius 1 is 1.24 bits per heavy atom. The average Bonchev–Trinajstić information content (AvgIpc) is 2.46. The molecule has 2 rings (SSSR count). The molecule has 0 aliphatic heterocycles. The quantitative estimate of drug-likeness (QED) is 0.887. The molecule has 4 nitrogen and oxygen atoms in total. The Bertz CT molecular complexity index is 606. The number of benzene rings is 2. The highest BCUT2D eigenvalue weighted by atomic mass is 16.5. The lowest BCUT2D eigenvalue weighted by Gasteiger charge is -2.09. The van der Waals surface area contributed by atoms with Gasteiger partial charge in [-0.05, 0) is 49.2 Å². The van der Waals surface area contributed by atoms with Crippen LogP contribution in [-0.4, -0.2) is 17.6 Å². The van der Waals surface area contributed by atoms with Gasteiger partial charge in [-0.25, -0.2) is 0 Å². The van der Waals surface area contributed by atoms with Crippen LogP contribution < -0.4 is 10.1 Å². The van der Waals surface area contributed by atoms with E-state index in [4.69, 9.17) is 4.74 Å². The Labute approximate surface area is 124 Å². The van der Waals surface area contributed by atoms with Crippen molar-refractivity contribution >= 4 is 11.6 Å². The number of aryl methyl sites for hydroxylation is 1. The summed E-state index contributed by atoms with van der Waals surface area (Å²) in [5, 5.41) is 12.2. The summed E-state index contributed by atoms with van der Waals surface area (Å²) in [6, 6.07) is 14.6. The van der Waals surface area contributed by atoms with E-state index >= 15 is 0 Å². The molecule has 0 aliphatic carbocycles. The number of hydrogen-bond donors (Lipinski definition) is 2. The predicted molar refractivity (Wildman–Crippen MR) is 82.4 cm³/mol. The molecule has 2 aromatic carbocycles. The Balaban J connectivity index is 1.87. The number of aliphatic hydroxyl groups excluding tert-OH is 1. The van der Waals surface area contributed by atoms with Crippen LogP contribution in [-0.2, 0) is 4.79 Å². The lowest BCUT2D eigenvalue weighted by molar-refractivity contribution is -0.118. The number of hydrogen-bond acceptors (Lipinski definition) is 3. The van der Waals surface area contributed by atoms with E-state index in [0.717, 1.165) is 11.1 Å². The highest BCUT2D eigenvalue weighted by Gasteiger charge is 2.05. The number of aliphatic hydroxyl groups is 1. The first-order chi connectivity index (χ1) is 10.0. The normalized spacial score (nSPS) is 11.8. The largest absolute Gasteiger partial charge is 0.484 e. The van der Waals surface area contributed by atoms with Gasteiger partial charge < -0.3 is 15.2 Å². The third kappa shape index (κ3) is 4.61. The van der Waals surface area contributed by atoms with Gasteiger partial charge in [-0.2, -0.15) is 0 Å². The summed E-state index contributed by atoms with van der Waals surface area (Å²) in [6.07, 6.45) is -0.514. The highest BCUT2D eigenvalue weighted by molar-refractivity contribution is 5.91. The molecule has 2 N–H and O–H groups in total. The second kappa shape index (κ2) is 6.90. The third-order valence-electron chi connectivity index (χ3n) is 3.04. The molecular formula is C17H19NO3. The summed E-state index contributed by atoms with van der Waals surface area (Å²) >= 11 is 0. The minimum absolute atomic E-state index is 0.0401. The minimum Gasteiger partial charge on any atom is -0.484 e. The Morgan fingerprint density at radius 2 is 1.95 bits per heavy atom. The van der Waals surface area contributed by atoms with Crippen LogP contribution in [0, 0.1) is 6.92 Å². The van der Waals surface area contributed by atoms with E-state index in [1.165, 1.54) is 0 Å². The van der Waals surface area contributed by atoms with Crippen molar-refractivity contribution in [1.29, 1.82) is 0 Å². The van der Waals surface area contributed by atoms with E-state index in [1.54, 1.807) is 31.2 Å². The molecule has 0 fully saturated rings. The standard InChI is InChI=1S/C17H19NO3/c1-12-4-3-5-16(10-12)21-11-17(20)18-15-8-6-14(7-9-15)13(2)19/h3-10,13,19H,11H2,1-2H3,(H,18,20)/t13-/m1/s1. The van der Waals surface area contributed by atoms with Crippen LogP contribution in [0.4, 0.5) is 5.69 Å². The van der Waals surface area contributed by atoms with Gasteiger partial charge in [0.25, 0.3) is 5.91 Å². The summed E-state index contributed by atoms with van der Waals surface area (Å²) in [5.74, 6) is 0.455. The third-order valence-corrected chi connectivity index (χ3v) is 3.04. The lowest BCUT2D eigenvalue weighted by atomic mass is 10.1. The summed E-state index contributed by atoms with van der Waals surface area (Å²) in [4.78, 5) is 11.8. The maximum absolute atomic E-state index is 11.8. The van der Waals surface area contributed by atoms with E-state index in [9.17, 15) is 9.90 Å². The molecule has 0 bridgehead atoms. The number of carbonyl (C=O) groups excluding carboxylic acids is 1. The molecule has 0 aromatic heterocycles. The minimum atomic E-state index is -0.514. The molecule has 110 valence electrons. The molecule has 0 saturated carbocycles. The maximum atomic E-state index is 11.8. The number of rotatable bonds is 5. The Kier molecular flexibility index (Phi) is 4.95. The van der Waals surface area contributed by atoms with Crippen LogP contribution >= 0.6 is 0 Å². The molecule has 0 spiro atoms. The highest BCUT2D eigenvalue weighted by Crippen LogP contribution is 2.16. The van der Waals surface area contributed by atoms with E-state index in [2.05, 4.69) is 5.32 Å². The lowest BCUT2D eigenvalue weighted by Crippen LogP contribution is -2.20. The van der Waals surface area contributed by atoms with Crippen molar-refractivity contribution in [2.24, 2.45) is 0 Å². The Hall–Kier alpha value is -2.33. The Morgan fingerprint density at radius 3 is 2.57 bits per heavy atom. The number of anilines is 1. The molecule has 4 heteroatoms. The molecular weight excluding hydrogens is 266 g/mol. The molecule has 0 radical (unpaired) electrons. The van der Waals surface area contributed by atoms with E-state index in [1.807, 2.05) is 31.2 Å². The molecule has 21 heavy (non-hydrogen) atoms. The SMILES string of the molecule is Cc1cccc(OCC(=O)Nc2ccc([C@@H](C)O)cc2)c1. The van der Waals surface area contributed by atoms with Crippen LogP contribution in [0.3, 0.4) is 0 Å². The summed E-state index contributed by atoms with van der Waals surface area (Å²) in [6.45, 7) is 3.63. The summed E-state index contributed by atoms with van der Waals surface area (Å²) in [7, 11) is 0. The van der Waals surface area contributed by atoms with Gasteiger partial charge in [0, 0.05) is 5.69 Å². The topological polar surface area (TPSA) is 58.6 Å². The molecule has 0 aliphatic rings. The second-order valence-electron chi connectivity index (χ2n) is 4.95. The molecule has 1 amide bonds. The monoisotopic (exact) mass is 285 g/mol. The zero-order valence-electron chi connectivity index (χ0n) is 12.2. The van der Waals surface area contributed by atoms with Crippen molar-refractivity contribution in [2.45, 2.75) is 20.0 Å². The van der Waals surface area contributed by atoms with E-state index in [0.29, 0.717) is 11.4 Å². The number of carbonyl (C=O) groups is 1. The maximum Gasteiger partial charge on any atom is 0.262 e. The van der Waals surface area contributed by atoms with Crippen LogP contribution in [0.15, 0.2) is 48.5 Å². The summed E-state index contributed by atoms with van der Waals surface area (Å²) in [5.41, 5.74) is 2.57. The zero-order valence-corrected chi connectivity index (χ0v) is 12.2. The van der Waals surface area contributed by atoms with Gasteiger partial charge in [0.2, 0.25) is 0 Å². The van der Waals surface area contributed by atoms with Gasteiger partial charge in [0.15, 0.2) is 6.61 Å². The number of amides is 1. The number of ether oxygens (including phenoxy) is 1. The molecule has 0 heterocycles.